The van der Waals surface area contributed by atoms with Crippen LogP contribution < -0.4 is 0 Å². The molecule has 0 saturated carbocycles. The highest BCUT2D eigenvalue weighted by molar-refractivity contribution is 14.1. The Labute approximate surface area is 157 Å². The molecule has 0 fully saturated rings. The van der Waals surface area contributed by atoms with E-state index in [1.54, 1.807) is 6.08 Å². The molecule has 0 N–H and O–H groups in total. The third-order valence-corrected chi connectivity index (χ3v) is 4.62. The predicted octanol–water partition coefficient (Wildman–Crippen LogP) is 5.22. The molecule has 24 heavy (non-hydrogen) atoms. The lowest BCUT2D eigenvalue weighted by Crippen LogP contribution is -2.21. The Morgan fingerprint density at radius 1 is 1.21 bits per heavy atom. The number of rotatable bonds is 3. The van der Waals surface area contributed by atoms with Crippen molar-refractivity contribution in [1.82, 2.24) is 4.57 Å². The van der Waals surface area contributed by atoms with Crippen molar-refractivity contribution in [3.05, 3.63) is 56.4 Å². The second-order valence-electron chi connectivity index (χ2n) is 6.89. The van der Waals surface area contributed by atoms with E-state index in [1.165, 1.54) is 3.57 Å². The van der Waals surface area contributed by atoms with Crippen LogP contribution in [0.5, 0.6) is 0 Å². The quantitative estimate of drug-likeness (QED) is 0.379. The molecule has 0 aliphatic rings. The van der Waals surface area contributed by atoms with Crippen LogP contribution in [-0.2, 0) is 4.79 Å². The highest BCUT2D eigenvalue weighted by atomic mass is 127. The van der Waals surface area contributed by atoms with E-state index in [-0.39, 0.29) is 11.4 Å². The van der Waals surface area contributed by atoms with Gasteiger partial charge in [0.2, 0.25) is 0 Å². The zero-order chi connectivity index (χ0) is 18.1. The number of hydrogen-bond donors (Lipinski definition) is 0. The average Bonchev–Trinajstić information content (AvgIpc) is 2.78. The minimum Gasteiger partial charge on any atom is -0.318 e. The zero-order valence-corrected chi connectivity index (χ0v) is 16.8. The second-order valence-corrected chi connectivity index (χ2v) is 8.13. The number of carbonyl (C=O) groups excluding carboxylic acids is 1. The van der Waals surface area contributed by atoms with Gasteiger partial charge in [-0.05, 0) is 78.4 Å². The molecule has 1 aromatic heterocycles. The standard InChI is InChI=1S/C20H21IN2O/c1-13-10-15(11-16(12-22)19(24)20(3,4)5)14(2)23(13)18-8-6-17(21)7-9-18/h6-11H,1-5H3/b16-11-. The molecule has 1 heterocycles. The van der Waals surface area contributed by atoms with Crippen molar-refractivity contribution in [2.75, 3.05) is 0 Å². The van der Waals surface area contributed by atoms with E-state index in [0.29, 0.717) is 0 Å². The largest absolute Gasteiger partial charge is 0.318 e. The smallest absolute Gasteiger partial charge is 0.178 e. The molecule has 0 spiro atoms. The molecule has 3 nitrogen and oxygen atoms in total. The van der Waals surface area contributed by atoms with Gasteiger partial charge in [-0.1, -0.05) is 20.8 Å². The molecule has 1 aromatic carbocycles. The normalized spacial score (nSPS) is 12.1. The molecule has 0 saturated heterocycles. The highest BCUT2D eigenvalue weighted by Crippen LogP contribution is 2.26. The topological polar surface area (TPSA) is 45.8 Å². The van der Waals surface area contributed by atoms with Crippen LogP contribution in [0, 0.1) is 34.2 Å². The average molecular weight is 432 g/mol. The number of nitriles is 1. The SMILES string of the molecule is Cc1cc(/C=C(/C#N)C(=O)C(C)(C)C)c(C)n1-c1ccc(I)cc1. The van der Waals surface area contributed by atoms with Gasteiger partial charge in [0.25, 0.3) is 0 Å². The molecular formula is C20H21IN2O. The van der Waals surface area contributed by atoms with Gasteiger partial charge < -0.3 is 4.57 Å². The minimum atomic E-state index is -0.566. The first-order valence-electron chi connectivity index (χ1n) is 7.76. The van der Waals surface area contributed by atoms with Crippen LogP contribution >= 0.6 is 22.6 Å². The molecule has 0 radical (unpaired) electrons. The summed E-state index contributed by atoms with van der Waals surface area (Å²) in [6.07, 6.45) is 1.71. The van der Waals surface area contributed by atoms with Crippen LogP contribution in [0.25, 0.3) is 11.8 Å². The fourth-order valence-corrected chi connectivity index (χ4v) is 2.99. The number of hydrogen-bond acceptors (Lipinski definition) is 2. The zero-order valence-electron chi connectivity index (χ0n) is 14.6. The Bertz CT molecular complexity index is 843. The second kappa shape index (κ2) is 6.94. The first-order chi connectivity index (χ1) is 11.1. The molecule has 2 rings (SSSR count). The van der Waals surface area contributed by atoms with Gasteiger partial charge in [-0.25, -0.2) is 0 Å². The fourth-order valence-electron chi connectivity index (χ4n) is 2.63. The summed E-state index contributed by atoms with van der Waals surface area (Å²) < 4.78 is 3.32. The predicted molar refractivity (Wildman–Crippen MR) is 106 cm³/mol. The Kier molecular flexibility index (Phi) is 5.34. The Hall–Kier alpha value is -1.87. The van der Waals surface area contributed by atoms with E-state index in [0.717, 1.165) is 22.6 Å². The lowest BCUT2D eigenvalue weighted by Gasteiger charge is -2.15. The van der Waals surface area contributed by atoms with E-state index in [4.69, 9.17) is 0 Å². The molecule has 0 atom stereocenters. The number of allylic oxidation sites excluding steroid dienone is 1. The van der Waals surface area contributed by atoms with Gasteiger partial charge in [0.15, 0.2) is 5.78 Å². The van der Waals surface area contributed by atoms with Crippen molar-refractivity contribution >= 4 is 34.5 Å². The molecule has 0 amide bonds. The highest BCUT2D eigenvalue weighted by Gasteiger charge is 2.25. The lowest BCUT2D eigenvalue weighted by molar-refractivity contribution is -0.121. The maximum absolute atomic E-state index is 12.4. The molecule has 0 bridgehead atoms. The van der Waals surface area contributed by atoms with Crippen LogP contribution in [0.1, 0.15) is 37.7 Å². The monoisotopic (exact) mass is 432 g/mol. The molecule has 124 valence electrons. The van der Waals surface area contributed by atoms with E-state index in [2.05, 4.69) is 57.5 Å². The molecule has 0 aliphatic carbocycles. The van der Waals surface area contributed by atoms with Crippen molar-refractivity contribution in [1.29, 1.82) is 5.26 Å². The number of ketones is 1. The summed E-state index contributed by atoms with van der Waals surface area (Å²) in [5.41, 5.74) is 3.70. The van der Waals surface area contributed by atoms with Gasteiger partial charge in [0, 0.05) is 26.1 Å². The maximum atomic E-state index is 12.4. The lowest BCUT2D eigenvalue weighted by atomic mass is 9.86. The molecule has 4 heteroatoms. The van der Waals surface area contributed by atoms with Crippen molar-refractivity contribution in [3.8, 4) is 11.8 Å². The fraction of sp³-hybridized carbons (Fsp3) is 0.300. The first-order valence-corrected chi connectivity index (χ1v) is 8.84. The molecule has 0 aliphatic heterocycles. The third kappa shape index (κ3) is 3.78. The Morgan fingerprint density at radius 2 is 1.79 bits per heavy atom. The van der Waals surface area contributed by atoms with Crippen LogP contribution in [0.4, 0.5) is 0 Å². The van der Waals surface area contributed by atoms with E-state index in [9.17, 15) is 10.1 Å². The number of aromatic nitrogens is 1. The number of benzene rings is 1. The Balaban J connectivity index is 2.52. The molecule has 2 aromatic rings. The third-order valence-electron chi connectivity index (χ3n) is 3.90. The van der Waals surface area contributed by atoms with E-state index >= 15 is 0 Å². The summed E-state index contributed by atoms with van der Waals surface area (Å²) in [4.78, 5) is 12.4. The van der Waals surface area contributed by atoms with Crippen LogP contribution in [0.15, 0.2) is 35.9 Å². The van der Waals surface area contributed by atoms with Crippen LogP contribution in [0.2, 0.25) is 0 Å². The van der Waals surface area contributed by atoms with E-state index in [1.807, 2.05) is 40.7 Å². The van der Waals surface area contributed by atoms with Gasteiger partial charge in [-0.3, -0.25) is 4.79 Å². The summed E-state index contributed by atoms with van der Waals surface area (Å²) in [6.45, 7) is 9.52. The van der Waals surface area contributed by atoms with Gasteiger partial charge in [-0.15, -0.1) is 0 Å². The Morgan fingerprint density at radius 3 is 2.29 bits per heavy atom. The van der Waals surface area contributed by atoms with Crippen molar-refractivity contribution in [3.63, 3.8) is 0 Å². The summed E-state index contributed by atoms with van der Waals surface area (Å²) in [5, 5.41) is 9.39. The van der Waals surface area contributed by atoms with Crippen molar-refractivity contribution in [2.45, 2.75) is 34.6 Å². The summed E-state index contributed by atoms with van der Waals surface area (Å²) in [5.74, 6) is -0.135. The van der Waals surface area contributed by atoms with Crippen molar-refractivity contribution in [2.24, 2.45) is 5.41 Å². The molecule has 0 unspecified atom stereocenters. The van der Waals surface area contributed by atoms with Gasteiger partial charge in [0.05, 0.1) is 5.57 Å². The van der Waals surface area contributed by atoms with Gasteiger partial charge in [-0.2, -0.15) is 5.26 Å². The number of aryl methyl sites for hydroxylation is 1. The first kappa shape index (κ1) is 18.5. The minimum absolute atomic E-state index is 0.135. The van der Waals surface area contributed by atoms with Gasteiger partial charge >= 0.3 is 0 Å². The van der Waals surface area contributed by atoms with Gasteiger partial charge in [0.1, 0.15) is 6.07 Å². The number of Topliss-reactive ketones (excluding diaryl/α,β-unsaturated/α-hetero) is 1. The summed E-state index contributed by atoms with van der Waals surface area (Å²) in [7, 11) is 0. The van der Waals surface area contributed by atoms with Crippen LogP contribution in [-0.4, -0.2) is 10.4 Å². The maximum Gasteiger partial charge on any atom is 0.178 e. The molecular weight excluding hydrogens is 411 g/mol. The number of nitrogens with zero attached hydrogens (tertiary/aromatic N) is 2. The van der Waals surface area contributed by atoms with Crippen molar-refractivity contribution < 1.29 is 4.79 Å². The van der Waals surface area contributed by atoms with Crippen LogP contribution in [0.3, 0.4) is 0 Å². The summed E-state index contributed by atoms with van der Waals surface area (Å²) >= 11 is 2.28. The van der Waals surface area contributed by atoms with E-state index < -0.39 is 5.41 Å². The summed E-state index contributed by atoms with van der Waals surface area (Å²) in [6, 6.07) is 12.3. The number of halogens is 1. The number of carbonyl (C=O) groups is 1.